The van der Waals surface area contributed by atoms with Gasteiger partial charge in [0.05, 0.1) is 18.4 Å². The van der Waals surface area contributed by atoms with Crippen LogP contribution in [0.25, 0.3) is 0 Å². The van der Waals surface area contributed by atoms with Gasteiger partial charge in [0, 0.05) is 20.2 Å². The topological polar surface area (TPSA) is 57.7 Å². The first-order valence-electron chi connectivity index (χ1n) is 9.64. The lowest BCUT2D eigenvalue weighted by Crippen LogP contribution is -2.49. The van der Waals surface area contributed by atoms with Crippen LogP contribution in [0.4, 0.5) is 0 Å². The maximum absolute atomic E-state index is 13.4. The first kappa shape index (κ1) is 21.5. The molecule has 0 bridgehead atoms. The van der Waals surface area contributed by atoms with Crippen molar-refractivity contribution in [3.05, 3.63) is 70.7 Å². The molecule has 0 N–H and O–H groups in total. The van der Waals surface area contributed by atoms with Crippen molar-refractivity contribution in [2.24, 2.45) is 11.8 Å². The minimum Gasteiger partial charge on any atom is -0.272 e. The Morgan fingerprint density at radius 1 is 0.933 bits per heavy atom. The van der Waals surface area contributed by atoms with Gasteiger partial charge in [0.15, 0.2) is 0 Å². The molecular weight excluding hydrogens is 536 g/mol. The summed E-state index contributed by atoms with van der Waals surface area (Å²) in [5, 5.41) is 2.85. The molecule has 30 heavy (non-hydrogen) atoms. The molecule has 0 spiro atoms. The number of benzene rings is 2. The number of hydrazine groups is 1. The molecule has 1 aliphatic carbocycles. The first-order valence-corrected chi connectivity index (χ1v) is 11.8. The average molecular weight is 555 g/mol. The maximum atomic E-state index is 13.4. The first-order chi connectivity index (χ1) is 14.4. The number of imide groups is 1. The fourth-order valence-electron chi connectivity index (χ4n) is 4.05. The molecule has 1 saturated carbocycles. The van der Waals surface area contributed by atoms with Gasteiger partial charge in [-0.3, -0.25) is 14.4 Å². The molecule has 2 aromatic rings. The molecule has 4 rings (SSSR count). The van der Waals surface area contributed by atoms with Crippen LogP contribution < -0.4 is 0 Å². The van der Waals surface area contributed by atoms with E-state index in [4.69, 9.17) is 11.6 Å². The molecule has 0 aromatic heterocycles. The molecule has 0 unspecified atom stereocenters. The Bertz CT molecular complexity index is 942. The summed E-state index contributed by atoms with van der Waals surface area (Å²) in [5.41, 5.74) is 1.19. The highest BCUT2D eigenvalue weighted by Gasteiger charge is 2.54. The minimum absolute atomic E-state index is 0.102. The van der Waals surface area contributed by atoms with Crippen LogP contribution in [-0.2, 0) is 16.1 Å². The zero-order valence-corrected chi connectivity index (χ0v) is 19.8. The highest BCUT2D eigenvalue weighted by Crippen LogP contribution is 2.43. The summed E-state index contributed by atoms with van der Waals surface area (Å²) in [6, 6.07) is 15.8. The number of amides is 3. The third-order valence-corrected chi connectivity index (χ3v) is 8.62. The van der Waals surface area contributed by atoms with Crippen molar-refractivity contribution < 1.29 is 14.4 Å². The Morgan fingerprint density at radius 2 is 1.47 bits per heavy atom. The summed E-state index contributed by atoms with van der Waals surface area (Å²) >= 11 is 13.2. The number of carbonyl (C=O) groups excluding carboxylic acids is 3. The number of halogens is 3. The van der Waals surface area contributed by atoms with E-state index in [1.807, 2.05) is 30.3 Å². The largest absolute Gasteiger partial charge is 0.273 e. The van der Waals surface area contributed by atoms with Crippen molar-refractivity contribution in [1.82, 2.24) is 10.0 Å². The summed E-state index contributed by atoms with van der Waals surface area (Å²) in [5.74, 6) is -1.89. The van der Waals surface area contributed by atoms with E-state index in [1.54, 1.807) is 24.3 Å². The number of rotatable bonds is 4. The second-order valence-electron chi connectivity index (χ2n) is 7.56. The van der Waals surface area contributed by atoms with Crippen molar-refractivity contribution in [2.45, 2.75) is 29.0 Å². The maximum Gasteiger partial charge on any atom is 0.273 e. The Morgan fingerprint density at radius 3 is 2.00 bits per heavy atom. The zero-order chi connectivity index (χ0) is 21.4. The van der Waals surface area contributed by atoms with E-state index in [-0.39, 0.29) is 28.0 Å². The molecule has 8 heteroatoms. The highest BCUT2D eigenvalue weighted by atomic mass is 79.9. The van der Waals surface area contributed by atoms with E-state index < -0.39 is 17.7 Å². The summed E-state index contributed by atoms with van der Waals surface area (Å²) in [4.78, 5) is 40.2. The van der Waals surface area contributed by atoms with Gasteiger partial charge in [-0.1, -0.05) is 73.8 Å². The normalized spacial score (nSPS) is 25.9. The predicted molar refractivity (Wildman–Crippen MR) is 121 cm³/mol. The van der Waals surface area contributed by atoms with Crippen LogP contribution in [0.2, 0.25) is 5.02 Å². The fourth-order valence-corrected chi connectivity index (χ4v) is 5.41. The van der Waals surface area contributed by atoms with Gasteiger partial charge < -0.3 is 0 Å². The van der Waals surface area contributed by atoms with Crippen molar-refractivity contribution in [1.29, 1.82) is 0 Å². The SMILES string of the molecule is O=C(c1ccc(Cl)cc1)N(Cc1ccccc1)N1C(=O)[C@H]2C[C@@H](Br)[C@@H](Br)C[C@H]2C1=O. The lowest BCUT2D eigenvalue weighted by atomic mass is 9.81. The number of alkyl halides is 2. The molecule has 2 aliphatic rings. The quantitative estimate of drug-likeness (QED) is 0.402. The van der Waals surface area contributed by atoms with Gasteiger partial charge in [-0.2, -0.15) is 5.01 Å². The molecule has 1 heterocycles. The standard InChI is InChI=1S/C22H19Br2ClN2O3/c23-18-10-16-17(11-19(18)24)22(30)27(21(16)29)26(12-13-4-2-1-3-5-13)20(28)14-6-8-15(25)9-7-14/h1-9,16-19H,10-12H2/t16-,17+,18+,19-. The molecule has 1 saturated heterocycles. The van der Waals surface area contributed by atoms with Crippen molar-refractivity contribution >= 4 is 61.2 Å². The average Bonchev–Trinajstić information content (AvgIpc) is 2.97. The van der Waals surface area contributed by atoms with Gasteiger partial charge in [0.25, 0.3) is 17.7 Å². The van der Waals surface area contributed by atoms with Gasteiger partial charge in [-0.05, 0) is 42.7 Å². The van der Waals surface area contributed by atoms with Crippen LogP contribution in [0.15, 0.2) is 54.6 Å². The van der Waals surface area contributed by atoms with E-state index >= 15 is 0 Å². The number of carbonyl (C=O) groups is 3. The lowest BCUT2D eigenvalue weighted by molar-refractivity contribution is -0.155. The molecule has 2 aromatic carbocycles. The molecule has 4 atom stereocenters. The third-order valence-electron chi connectivity index (χ3n) is 5.63. The molecule has 3 amide bonds. The van der Waals surface area contributed by atoms with Gasteiger partial charge >= 0.3 is 0 Å². The Hall–Kier alpha value is -1.70. The molecule has 2 fully saturated rings. The van der Waals surface area contributed by atoms with E-state index in [0.29, 0.717) is 23.4 Å². The highest BCUT2D eigenvalue weighted by molar-refractivity contribution is 9.12. The van der Waals surface area contributed by atoms with Gasteiger partial charge in [-0.15, -0.1) is 0 Å². The Kier molecular flexibility index (Phi) is 6.32. The van der Waals surface area contributed by atoms with Crippen LogP contribution in [-0.4, -0.2) is 37.4 Å². The van der Waals surface area contributed by atoms with Crippen molar-refractivity contribution in [3.8, 4) is 0 Å². The number of hydrogen-bond donors (Lipinski definition) is 0. The second-order valence-corrected chi connectivity index (χ2v) is 10.3. The van der Waals surface area contributed by atoms with Crippen LogP contribution in [0.1, 0.15) is 28.8 Å². The second kappa shape index (κ2) is 8.81. The monoisotopic (exact) mass is 552 g/mol. The predicted octanol–water partition coefficient (Wildman–Crippen LogP) is 4.82. The van der Waals surface area contributed by atoms with E-state index in [1.165, 1.54) is 5.01 Å². The number of hydrogen-bond acceptors (Lipinski definition) is 3. The van der Waals surface area contributed by atoms with Crippen LogP contribution in [0.5, 0.6) is 0 Å². The summed E-state index contributed by atoms with van der Waals surface area (Å²) < 4.78 is 0. The molecule has 5 nitrogen and oxygen atoms in total. The van der Waals surface area contributed by atoms with Crippen molar-refractivity contribution in [2.75, 3.05) is 0 Å². The molecule has 156 valence electrons. The van der Waals surface area contributed by atoms with E-state index in [2.05, 4.69) is 31.9 Å². The van der Waals surface area contributed by atoms with Gasteiger partial charge in [-0.25, -0.2) is 5.01 Å². The van der Waals surface area contributed by atoms with Crippen molar-refractivity contribution in [3.63, 3.8) is 0 Å². The molecule has 1 aliphatic heterocycles. The van der Waals surface area contributed by atoms with Gasteiger partial charge in [0.1, 0.15) is 0 Å². The summed E-state index contributed by atoms with van der Waals surface area (Å²) in [7, 11) is 0. The molecule has 0 radical (unpaired) electrons. The Balaban J connectivity index is 1.70. The van der Waals surface area contributed by atoms with E-state index in [0.717, 1.165) is 10.6 Å². The van der Waals surface area contributed by atoms with E-state index in [9.17, 15) is 14.4 Å². The van der Waals surface area contributed by atoms with Gasteiger partial charge in [0.2, 0.25) is 0 Å². The fraction of sp³-hybridized carbons (Fsp3) is 0.318. The Labute approximate surface area is 196 Å². The van der Waals surface area contributed by atoms with Crippen LogP contribution in [0, 0.1) is 11.8 Å². The number of nitrogens with zero attached hydrogens (tertiary/aromatic N) is 2. The minimum atomic E-state index is -0.424. The summed E-state index contributed by atoms with van der Waals surface area (Å²) in [6.07, 6.45) is 1.10. The molecular formula is C22H19Br2ClN2O3. The summed E-state index contributed by atoms with van der Waals surface area (Å²) in [6.45, 7) is 0.120. The van der Waals surface area contributed by atoms with Crippen LogP contribution >= 0.6 is 43.5 Å². The third kappa shape index (κ3) is 4.07. The lowest BCUT2D eigenvalue weighted by Gasteiger charge is -2.30. The number of fused-ring (bicyclic) bond motifs is 1. The zero-order valence-electron chi connectivity index (χ0n) is 15.9. The van der Waals surface area contributed by atoms with Crippen LogP contribution in [0.3, 0.4) is 0 Å². The smallest absolute Gasteiger partial charge is 0.272 e.